The van der Waals surface area contributed by atoms with Crippen LogP contribution in [0.3, 0.4) is 0 Å². The quantitative estimate of drug-likeness (QED) is 0.502. The zero-order valence-electron chi connectivity index (χ0n) is 12.2. The Hall–Kier alpha value is -2.20. The second kappa shape index (κ2) is 6.28. The standard InChI is InChI=1S/C18H15BrN2O/c1-2-21-17(16(19)12-20-21)9-10-18(22)15-8-7-13-5-3-4-6-14(13)11-15/h3-12H,2H2,1H3/b10-9+. The van der Waals surface area contributed by atoms with Crippen LogP contribution in [0.15, 0.2) is 59.2 Å². The molecule has 0 saturated heterocycles. The normalized spacial score (nSPS) is 11.4. The van der Waals surface area contributed by atoms with Gasteiger partial charge in [-0.2, -0.15) is 5.10 Å². The third kappa shape index (κ3) is 2.88. The van der Waals surface area contributed by atoms with E-state index in [0.29, 0.717) is 5.56 Å². The van der Waals surface area contributed by atoms with Gasteiger partial charge in [-0.05, 0) is 51.8 Å². The van der Waals surface area contributed by atoms with Crippen LogP contribution in [0.4, 0.5) is 0 Å². The van der Waals surface area contributed by atoms with Crippen LogP contribution < -0.4 is 0 Å². The lowest BCUT2D eigenvalue weighted by atomic mass is 10.0. The minimum absolute atomic E-state index is 0.0125. The van der Waals surface area contributed by atoms with Gasteiger partial charge in [-0.15, -0.1) is 0 Å². The first-order valence-electron chi connectivity index (χ1n) is 7.11. The maximum absolute atomic E-state index is 12.4. The van der Waals surface area contributed by atoms with E-state index in [4.69, 9.17) is 0 Å². The number of aryl methyl sites for hydroxylation is 1. The maximum Gasteiger partial charge on any atom is 0.185 e. The van der Waals surface area contributed by atoms with E-state index in [1.807, 2.05) is 54.1 Å². The number of hydrogen-bond acceptors (Lipinski definition) is 2. The van der Waals surface area contributed by atoms with Gasteiger partial charge in [-0.3, -0.25) is 9.48 Å². The number of allylic oxidation sites excluding steroid dienone is 1. The molecule has 0 aliphatic heterocycles. The van der Waals surface area contributed by atoms with Crippen LogP contribution in [-0.2, 0) is 6.54 Å². The van der Waals surface area contributed by atoms with Crippen LogP contribution in [0.25, 0.3) is 16.8 Å². The van der Waals surface area contributed by atoms with E-state index in [2.05, 4.69) is 21.0 Å². The lowest BCUT2D eigenvalue weighted by Crippen LogP contribution is -1.99. The molecule has 2 aromatic carbocycles. The molecule has 0 bridgehead atoms. The van der Waals surface area contributed by atoms with Crippen molar-refractivity contribution in [3.8, 4) is 0 Å². The fourth-order valence-electron chi connectivity index (χ4n) is 2.38. The van der Waals surface area contributed by atoms with Crippen molar-refractivity contribution >= 4 is 38.6 Å². The molecule has 1 heterocycles. The number of ketones is 1. The Morgan fingerprint density at radius 2 is 2.00 bits per heavy atom. The van der Waals surface area contributed by atoms with E-state index in [-0.39, 0.29) is 5.78 Å². The zero-order valence-corrected chi connectivity index (χ0v) is 13.7. The third-order valence-corrected chi connectivity index (χ3v) is 4.17. The van der Waals surface area contributed by atoms with Crippen molar-refractivity contribution in [3.63, 3.8) is 0 Å². The van der Waals surface area contributed by atoms with E-state index in [1.165, 1.54) is 0 Å². The topological polar surface area (TPSA) is 34.9 Å². The highest BCUT2D eigenvalue weighted by atomic mass is 79.9. The Kier molecular flexibility index (Phi) is 4.20. The molecule has 22 heavy (non-hydrogen) atoms. The van der Waals surface area contributed by atoms with Gasteiger partial charge < -0.3 is 0 Å². The van der Waals surface area contributed by atoms with Crippen molar-refractivity contribution < 1.29 is 4.79 Å². The van der Waals surface area contributed by atoms with Crippen molar-refractivity contribution in [1.82, 2.24) is 9.78 Å². The molecule has 3 nitrogen and oxygen atoms in total. The predicted molar refractivity (Wildman–Crippen MR) is 92.9 cm³/mol. The van der Waals surface area contributed by atoms with Gasteiger partial charge in [0.1, 0.15) is 0 Å². The van der Waals surface area contributed by atoms with Crippen LogP contribution in [0.1, 0.15) is 23.0 Å². The Labute approximate surface area is 137 Å². The van der Waals surface area contributed by atoms with Gasteiger partial charge in [-0.25, -0.2) is 0 Å². The Morgan fingerprint density at radius 3 is 2.77 bits per heavy atom. The van der Waals surface area contributed by atoms with Gasteiger partial charge >= 0.3 is 0 Å². The van der Waals surface area contributed by atoms with Gasteiger partial charge in [0.2, 0.25) is 0 Å². The molecule has 0 radical (unpaired) electrons. The lowest BCUT2D eigenvalue weighted by molar-refractivity contribution is 0.104. The van der Waals surface area contributed by atoms with E-state index in [9.17, 15) is 4.79 Å². The van der Waals surface area contributed by atoms with Gasteiger partial charge in [0.05, 0.1) is 16.4 Å². The fourth-order valence-corrected chi connectivity index (χ4v) is 2.81. The summed E-state index contributed by atoms with van der Waals surface area (Å²) in [6.45, 7) is 2.78. The Morgan fingerprint density at radius 1 is 1.23 bits per heavy atom. The first-order chi connectivity index (χ1) is 10.7. The van der Waals surface area contributed by atoms with E-state index in [0.717, 1.165) is 27.5 Å². The number of carbonyl (C=O) groups is 1. The first-order valence-corrected chi connectivity index (χ1v) is 7.91. The van der Waals surface area contributed by atoms with Crippen LogP contribution in [0.5, 0.6) is 0 Å². The Bertz CT molecular complexity index is 864. The van der Waals surface area contributed by atoms with Crippen LogP contribution in [-0.4, -0.2) is 15.6 Å². The number of aromatic nitrogens is 2. The molecule has 0 N–H and O–H groups in total. The summed E-state index contributed by atoms with van der Waals surface area (Å²) in [5, 5.41) is 6.44. The molecule has 0 unspecified atom stereocenters. The molecule has 0 amide bonds. The summed E-state index contributed by atoms with van der Waals surface area (Å²) >= 11 is 3.45. The molecule has 0 fully saturated rings. The highest BCUT2D eigenvalue weighted by Crippen LogP contribution is 2.19. The molecule has 0 spiro atoms. The molecule has 0 aliphatic carbocycles. The molecule has 0 saturated carbocycles. The number of hydrogen-bond donors (Lipinski definition) is 0. The second-order valence-electron chi connectivity index (χ2n) is 4.95. The number of rotatable bonds is 4. The van der Waals surface area contributed by atoms with Gasteiger partial charge in [0, 0.05) is 12.1 Å². The van der Waals surface area contributed by atoms with Crippen LogP contribution >= 0.6 is 15.9 Å². The summed E-state index contributed by atoms with van der Waals surface area (Å²) in [4.78, 5) is 12.4. The van der Waals surface area contributed by atoms with Crippen molar-refractivity contribution in [2.45, 2.75) is 13.5 Å². The number of halogens is 1. The predicted octanol–water partition coefficient (Wildman–Crippen LogP) is 4.71. The molecule has 4 heteroatoms. The molecule has 1 aromatic heterocycles. The van der Waals surface area contributed by atoms with E-state index < -0.39 is 0 Å². The largest absolute Gasteiger partial charge is 0.289 e. The second-order valence-corrected chi connectivity index (χ2v) is 5.81. The number of fused-ring (bicyclic) bond motifs is 1. The monoisotopic (exact) mass is 354 g/mol. The minimum Gasteiger partial charge on any atom is -0.289 e. The van der Waals surface area contributed by atoms with Crippen molar-refractivity contribution in [1.29, 1.82) is 0 Å². The summed E-state index contributed by atoms with van der Waals surface area (Å²) in [6.07, 6.45) is 5.14. The average Bonchev–Trinajstić information content (AvgIpc) is 2.92. The van der Waals surface area contributed by atoms with Crippen molar-refractivity contribution in [3.05, 3.63) is 70.5 Å². The molecule has 0 atom stereocenters. The fraction of sp³-hybridized carbons (Fsp3) is 0.111. The maximum atomic E-state index is 12.4. The minimum atomic E-state index is -0.0125. The highest BCUT2D eigenvalue weighted by Gasteiger charge is 2.06. The van der Waals surface area contributed by atoms with Crippen LogP contribution in [0, 0.1) is 0 Å². The molecule has 0 aliphatic rings. The third-order valence-electron chi connectivity index (χ3n) is 3.56. The highest BCUT2D eigenvalue weighted by molar-refractivity contribution is 9.10. The first kappa shape index (κ1) is 14.7. The van der Waals surface area contributed by atoms with Gasteiger partial charge in [0.25, 0.3) is 0 Å². The Balaban J connectivity index is 1.89. The summed E-state index contributed by atoms with van der Waals surface area (Å²) < 4.78 is 2.73. The average molecular weight is 355 g/mol. The van der Waals surface area contributed by atoms with Crippen molar-refractivity contribution in [2.24, 2.45) is 0 Å². The van der Waals surface area contributed by atoms with E-state index in [1.54, 1.807) is 18.3 Å². The molecule has 3 rings (SSSR count). The molecular weight excluding hydrogens is 340 g/mol. The zero-order chi connectivity index (χ0) is 15.5. The molecule has 3 aromatic rings. The smallest absolute Gasteiger partial charge is 0.185 e. The number of benzene rings is 2. The lowest BCUT2D eigenvalue weighted by Gasteiger charge is -2.01. The summed E-state index contributed by atoms with van der Waals surface area (Å²) in [5.41, 5.74) is 1.59. The van der Waals surface area contributed by atoms with Crippen LogP contribution in [0.2, 0.25) is 0 Å². The number of carbonyl (C=O) groups excluding carboxylic acids is 1. The van der Waals surface area contributed by atoms with E-state index >= 15 is 0 Å². The SMILES string of the molecule is CCn1ncc(Br)c1/C=C/C(=O)c1ccc2ccccc2c1. The van der Waals surface area contributed by atoms with Gasteiger partial charge in [-0.1, -0.05) is 36.4 Å². The summed E-state index contributed by atoms with van der Waals surface area (Å²) in [6, 6.07) is 13.8. The van der Waals surface area contributed by atoms with Crippen molar-refractivity contribution in [2.75, 3.05) is 0 Å². The summed E-state index contributed by atoms with van der Waals surface area (Å²) in [5.74, 6) is -0.0125. The van der Waals surface area contributed by atoms with Gasteiger partial charge in [0.15, 0.2) is 5.78 Å². The molecular formula is C18H15BrN2O. The summed E-state index contributed by atoms with van der Waals surface area (Å²) in [7, 11) is 0. The number of nitrogens with zero attached hydrogens (tertiary/aromatic N) is 2. The molecule has 110 valence electrons.